The molecular weight excluding hydrogens is 533 g/mol. The lowest BCUT2D eigenvalue weighted by Gasteiger charge is -2.32. The van der Waals surface area contributed by atoms with Gasteiger partial charge in [-0.15, -0.1) is 0 Å². The highest BCUT2D eigenvalue weighted by Crippen LogP contribution is 2.20. The summed E-state index contributed by atoms with van der Waals surface area (Å²) in [4.78, 5) is 40.9. The van der Waals surface area contributed by atoms with Gasteiger partial charge in [0.2, 0.25) is 5.91 Å². The quantitative estimate of drug-likeness (QED) is 0.529. The van der Waals surface area contributed by atoms with Crippen molar-refractivity contribution in [2.24, 2.45) is 0 Å². The first-order valence-corrected chi connectivity index (χ1v) is 12.4. The summed E-state index contributed by atoms with van der Waals surface area (Å²) in [7, 11) is 0. The maximum atomic E-state index is 13.2. The van der Waals surface area contributed by atoms with Gasteiger partial charge in [-0.1, -0.05) is 22.9 Å². The standard InChI is InChI=1S/C21H31BrN4O2.C2HF3O2/c1-2-24-12-3-4-19(24)16-26(21(28)17-5-7-18(22)8-6-17)13-9-20(27)25-14-10-23-11-15-25;3-2(4,5)1(6)7/h5-8,19,23H,2-4,9-16H2,1H3;(H,6,7). The van der Waals surface area contributed by atoms with E-state index >= 15 is 0 Å². The number of halogens is 4. The first-order valence-electron chi connectivity index (χ1n) is 11.6. The number of alkyl halides is 3. The van der Waals surface area contributed by atoms with Gasteiger partial charge < -0.3 is 20.2 Å². The van der Waals surface area contributed by atoms with Crippen molar-refractivity contribution >= 4 is 33.7 Å². The van der Waals surface area contributed by atoms with Crippen LogP contribution in [0.4, 0.5) is 13.2 Å². The smallest absolute Gasteiger partial charge is 0.475 e. The van der Waals surface area contributed by atoms with Crippen LogP contribution in [0.15, 0.2) is 28.7 Å². The van der Waals surface area contributed by atoms with Gasteiger partial charge in [0, 0.05) is 61.8 Å². The van der Waals surface area contributed by atoms with Gasteiger partial charge in [-0.25, -0.2) is 4.79 Å². The SMILES string of the molecule is CCN1CCCC1CN(CCC(=O)N1CCNCC1)C(=O)c1ccc(Br)cc1.O=C(O)C(F)(F)F. The summed E-state index contributed by atoms with van der Waals surface area (Å²) in [5.74, 6) is -2.59. The van der Waals surface area contributed by atoms with E-state index in [4.69, 9.17) is 9.90 Å². The normalized spacial score (nSPS) is 18.5. The number of hydrogen-bond donors (Lipinski definition) is 2. The van der Waals surface area contributed by atoms with Crippen LogP contribution in [0, 0.1) is 0 Å². The van der Waals surface area contributed by atoms with Gasteiger partial charge in [-0.05, 0) is 50.2 Å². The number of nitrogens with zero attached hydrogens (tertiary/aromatic N) is 3. The van der Waals surface area contributed by atoms with Gasteiger partial charge in [0.05, 0.1) is 0 Å². The Morgan fingerprint density at radius 1 is 1.14 bits per heavy atom. The zero-order valence-corrected chi connectivity index (χ0v) is 21.3. The number of nitrogens with one attached hydrogen (secondary N) is 1. The molecule has 2 aliphatic rings. The Morgan fingerprint density at radius 3 is 2.29 bits per heavy atom. The van der Waals surface area contributed by atoms with E-state index in [0.29, 0.717) is 31.1 Å². The van der Waals surface area contributed by atoms with Gasteiger partial charge >= 0.3 is 12.1 Å². The second kappa shape index (κ2) is 13.8. The van der Waals surface area contributed by atoms with E-state index in [2.05, 4.69) is 33.1 Å². The molecule has 35 heavy (non-hydrogen) atoms. The molecular formula is C23H32BrF3N4O4. The number of likely N-dealkylation sites (tertiary alicyclic amines) is 1. The largest absolute Gasteiger partial charge is 0.490 e. The lowest BCUT2D eigenvalue weighted by molar-refractivity contribution is -0.192. The molecule has 0 saturated carbocycles. The summed E-state index contributed by atoms with van der Waals surface area (Å²) in [5.41, 5.74) is 0.680. The van der Waals surface area contributed by atoms with Crippen molar-refractivity contribution in [3.8, 4) is 0 Å². The molecule has 2 amide bonds. The lowest BCUT2D eigenvalue weighted by atomic mass is 10.1. The summed E-state index contributed by atoms with van der Waals surface area (Å²) in [6, 6.07) is 7.88. The molecule has 2 aliphatic heterocycles. The Labute approximate surface area is 211 Å². The predicted molar refractivity (Wildman–Crippen MR) is 128 cm³/mol. The number of carbonyl (C=O) groups excluding carboxylic acids is 2. The molecule has 12 heteroatoms. The highest BCUT2D eigenvalue weighted by atomic mass is 79.9. The Balaban J connectivity index is 0.000000540. The van der Waals surface area contributed by atoms with Gasteiger partial charge in [0.1, 0.15) is 0 Å². The predicted octanol–water partition coefficient (Wildman–Crippen LogP) is 2.83. The highest BCUT2D eigenvalue weighted by Gasteiger charge is 2.38. The van der Waals surface area contributed by atoms with Crippen molar-refractivity contribution in [2.45, 2.75) is 38.4 Å². The summed E-state index contributed by atoms with van der Waals surface area (Å²) in [6.45, 7) is 8.65. The van der Waals surface area contributed by atoms with Gasteiger partial charge in [-0.3, -0.25) is 14.5 Å². The van der Waals surface area contributed by atoms with E-state index in [0.717, 1.165) is 50.2 Å². The Hall–Kier alpha value is -2.18. The zero-order chi connectivity index (χ0) is 26.0. The van der Waals surface area contributed by atoms with E-state index in [1.54, 1.807) is 0 Å². The average molecular weight is 565 g/mol. The molecule has 2 fully saturated rings. The van der Waals surface area contributed by atoms with Crippen LogP contribution in [0.3, 0.4) is 0 Å². The Bertz CT molecular complexity index is 848. The van der Waals surface area contributed by atoms with Crippen LogP contribution in [-0.2, 0) is 9.59 Å². The molecule has 2 N–H and O–H groups in total. The molecule has 196 valence electrons. The van der Waals surface area contributed by atoms with Crippen LogP contribution in [0.2, 0.25) is 0 Å². The molecule has 0 bridgehead atoms. The zero-order valence-electron chi connectivity index (χ0n) is 19.7. The topological polar surface area (TPSA) is 93.2 Å². The van der Waals surface area contributed by atoms with Gasteiger partial charge in [0.25, 0.3) is 5.91 Å². The third-order valence-electron chi connectivity index (χ3n) is 6.02. The summed E-state index contributed by atoms with van der Waals surface area (Å²) < 4.78 is 32.7. The first-order chi connectivity index (χ1) is 16.5. The first kappa shape index (κ1) is 29.1. The van der Waals surface area contributed by atoms with Crippen molar-refractivity contribution in [2.75, 3.05) is 52.4 Å². The molecule has 1 aromatic carbocycles. The molecule has 2 heterocycles. The van der Waals surface area contributed by atoms with Crippen LogP contribution in [0.5, 0.6) is 0 Å². The van der Waals surface area contributed by atoms with Crippen LogP contribution in [-0.4, -0.2) is 102 Å². The number of benzene rings is 1. The molecule has 3 rings (SSSR count). The number of carbonyl (C=O) groups is 3. The van der Waals surface area contributed by atoms with Crippen molar-refractivity contribution in [3.05, 3.63) is 34.3 Å². The number of likely N-dealkylation sites (N-methyl/N-ethyl adjacent to an activating group) is 1. The maximum absolute atomic E-state index is 13.2. The molecule has 2 saturated heterocycles. The van der Waals surface area contributed by atoms with Gasteiger partial charge in [-0.2, -0.15) is 13.2 Å². The number of rotatable bonds is 7. The second-order valence-electron chi connectivity index (χ2n) is 8.37. The minimum Gasteiger partial charge on any atom is -0.475 e. The second-order valence-corrected chi connectivity index (χ2v) is 9.28. The monoisotopic (exact) mass is 564 g/mol. The van der Waals surface area contributed by atoms with Crippen LogP contribution in [0.25, 0.3) is 0 Å². The number of hydrogen-bond acceptors (Lipinski definition) is 5. The van der Waals surface area contributed by atoms with Crippen molar-refractivity contribution in [3.63, 3.8) is 0 Å². The molecule has 0 radical (unpaired) electrons. The van der Waals surface area contributed by atoms with E-state index in [1.165, 1.54) is 6.42 Å². The minimum absolute atomic E-state index is 0.0172. The average Bonchev–Trinajstić information content (AvgIpc) is 3.29. The van der Waals surface area contributed by atoms with Crippen LogP contribution >= 0.6 is 15.9 Å². The third kappa shape index (κ3) is 9.42. The fourth-order valence-electron chi connectivity index (χ4n) is 4.13. The molecule has 0 aliphatic carbocycles. The maximum Gasteiger partial charge on any atom is 0.490 e. The number of piperazine rings is 1. The van der Waals surface area contributed by atoms with E-state index in [9.17, 15) is 22.8 Å². The van der Waals surface area contributed by atoms with Gasteiger partial charge in [0.15, 0.2) is 0 Å². The van der Waals surface area contributed by atoms with Crippen molar-refractivity contribution in [1.29, 1.82) is 0 Å². The number of carboxylic acid groups (broad SMARTS) is 1. The van der Waals surface area contributed by atoms with Crippen LogP contribution < -0.4 is 5.32 Å². The Kier molecular flexibility index (Phi) is 11.4. The van der Waals surface area contributed by atoms with E-state index in [1.807, 2.05) is 34.1 Å². The molecule has 0 spiro atoms. The molecule has 1 unspecified atom stereocenters. The number of carboxylic acids is 1. The summed E-state index contributed by atoms with van der Waals surface area (Å²) in [6.07, 6.45) is -2.40. The molecule has 1 atom stereocenters. The fraction of sp³-hybridized carbons (Fsp3) is 0.609. The lowest BCUT2D eigenvalue weighted by Crippen LogP contribution is -2.48. The van der Waals surface area contributed by atoms with E-state index < -0.39 is 12.1 Å². The summed E-state index contributed by atoms with van der Waals surface area (Å²) >= 11 is 3.43. The number of amides is 2. The van der Waals surface area contributed by atoms with Crippen molar-refractivity contribution < 1.29 is 32.7 Å². The minimum atomic E-state index is -5.08. The van der Waals surface area contributed by atoms with E-state index in [-0.39, 0.29) is 11.8 Å². The van der Waals surface area contributed by atoms with Crippen LogP contribution in [0.1, 0.15) is 36.5 Å². The van der Waals surface area contributed by atoms with Crippen molar-refractivity contribution in [1.82, 2.24) is 20.0 Å². The highest BCUT2D eigenvalue weighted by molar-refractivity contribution is 9.10. The molecule has 0 aromatic heterocycles. The third-order valence-corrected chi connectivity index (χ3v) is 6.55. The molecule has 1 aromatic rings. The fourth-order valence-corrected chi connectivity index (χ4v) is 4.39. The Morgan fingerprint density at radius 2 is 1.74 bits per heavy atom. The molecule has 8 nitrogen and oxygen atoms in total. The summed E-state index contributed by atoms with van der Waals surface area (Å²) in [5, 5.41) is 10.4. The number of aliphatic carboxylic acids is 1.